The van der Waals surface area contributed by atoms with Gasteiger partial charge in [-0.25, -0.2) is 0 Å². The lowest BCUT2D eigenvalue weighted by Gasteiger charge is -2.34. The van der Waals surface area contributed by atoms with Crippen molar-refractivity contribution < 1.29 is 9.47 Å². The zero-order valence-corrected chi connectivity index (χ0v) is 14.4. The predicted molar refractivity (Wildman–Crippen MR) is 84.4 cm³/mol. The van der Waals surface area contributed by atoms with Gasteiger partial charge in [-0.15, -0.1) is 0 Å². The fourth-order valence-electron chi connectivity index (χ4n) is 2.14. The van der Waals surface area contributed by atoms with E-state index in [9.17, 15) is 0 Å². The summed E-state index contributed by atoms with van der Waals surface area (Å²) in [5.41, 5.74) is 0.899. The summed E-state index contributed by atoms with van der Waals surface area (Å²) in [6, 6.07) is 4.18. The van der Waals surface area contributed by atoms with Gasteiger partial charge in [0, 0.05) is 5.56 Å². The molecule has 1 heterocycles. The highest BCUT2D eigenvalue weighted by Gasteiger charge is 2.34. The zero-order chi connectivity index (χ0) is 15.3. The van der Waals surface area contributed by atoms with Crippen LogP contribution in [0, 0.1) is 0 Å². The van der Waals surface area contributed by atoms with Crippen LogP contribution in [0.4, 0.5) is 0 Å². The normalized spacial score (nSPS) is 22.8. The molecule has 2 rings (SSSR count). The summed E-state index contributed by atoms with van der Waals surface area (Å²) in [5.74, 6) is 1.39. The van der Waals surface area contributed by atoms with Crippen molar-refractivity contribution >= 4 is 23.2 Å². The fraction of sp³-hybridized carbons (Fsp3) is 0.625. The maximum absolute atomic E-state index is 6.07. The Labute approximate surface area is 131 Å². The average Bonchev–Trinajstić information content (AvgIpc) is 2.26. The molecule has 0 fully saturated rings. The number of fused-ring (bicyclic) bond motifs is 1. The molecular weight excluding hydrogens is 295 g/mol. The van der Waals surface area contributed by atoms with Gasteiger partial charge in [-0.05, 0) is 22.5 Å². The number of rotatable bonds is 0. The minimum absolute atomic E-state index is 0.0258. The van der Waals surface area contributed by atoms with Gasteiger partial charge in [0.2, 0.25) is 11.1 Å². The van der Waals surface area contributed by atoms with Crippen LogP contribution in [0.1, 0.15) is 52.7 Å². The number of alkyl halides is 2. The average molecular weight is 317 g/mol. The van der Waals surface area contributed by atoms with Crippen LogP contribution < -0.4 is 9.47 Å². The second-order valence-corrected chi connectivity index (χ2v) is 8.15. The lowest BCUT2D eigenvalue weighted by atomic mass is 9.80. The second kappa shape index (κ2) is 4.99. The SMILES string of the molecule is CC(C)(C)c1cc2c(c(C(C)(C)C)c1)OC(Cl)C(Cl)O2. The van der Waals surface area contributed by atoms with Gasteiger partial charge in [-0.2, -0.15) is 0 Å². The number of hydrogen-bond donors (Lipinski definition) is 0. The molecule has 0 N–H and O–H groups in total. The molecule has 0 spiro atoms. The molecule has 0 radical (unpaired) electrons. The van der Waals surface area contributed by atoms with Crippen molar-refractivity contribution in [1.29, 1.82) is 0 Å². The number of hydrogen-bond acceptors (Lipinski definition) is 2. The van der Waals surface area contributed by atoms with Crippen molar-refractivity contribution in [3.63, 3.8) is 0 Å². The highest BCUT2D eigenvalue weighted by atomic mass is 35.5. The van der Waals surface area contributed by atoms with Gasteiger partial charge in [0.05, 0.1) is 0 Å². The molecule has 0 aliphatic carbocycles. The van der Waals surface area contributed by atoms with Crippen molar-refractivity contribution in [2.75, 3.05) is 0 Å². The monoisotopic (exact) mass is 316 g/mol. The Morgan fingerprint density at radius 1 is 0.850 bits per heavy atom. The third kappa shape index (κ3) is 3.01. The van der Waals surface area contributed by atoms with Crippen LogP contribution in [0.15, 0.2) is 12.1 Å². The first-order valence-electron chi connectivity index (χ1n) is 6.80. The molecule has 1 aromatic rings. The summed E-state index contributed by atoms with van der Waals surface area (Å²) >= 11 is 12.1. The van der Waals surface area contributed by atoms with Crippen LogP contribution in [-0.2, 0) is 10.8 Å². The summed E-state index contributed by atoms with van der Waals surface area (Å²) in [6.45, 7) is 13.0. The topological polar surface area (TPSA) is 18.5 Å². The van der Waals surface area contributed by atoms with Gasteiger partial charge in [0.15, 0.2) is 11.5 Å². The van der Waals surface area contributed by atoms with E-state index < -0.39 is 11.1 Å². The molecule has 0 saturated carbocycles. The van der Waals surface area contributed by atoms with E-state index >= 15 is 0 Å². The minimum atomic E-state index is -0.675. The van der Waals surface area contributed by atoms with Gasteiger partial charge < -0.3 is 9.47 Å². The molecule has 20 heavy (non-hydrogen) atoms. The Morgan fingerprint density at radius 3 is 1.90 bits per heavy atom. The van der Waals surface area contributed by atoms with Crippen molar-refractivity contribution in [2.24, 2.45) is 0 Å². The summed E-state index contributed by atoms with van der Waals surface area (Å²) in [6.07, 6.45) is 0. The van der Waals surface area contributed by atoms with Crippen LogP contribution >= 0.6 is 23.2 Å². The van der Waals surface area contributed by atoms with E-state index in [1.807, 2.05) is 6.07 Å². The van der Waals surface area contributed by atoms with Gasteiger partial charge >= 0.3 is 0 Å². The third-order valence-electron chi connectivity index (χ3n) is 3.40. The maximum Gasteiger partial charge on any atom is 0.222 e. The van der Waals surface area contributed by atoms with E-state index in [1.54, 1.807) is 0 Å². The molecule has 2 nitrogen and oxygen atoms in total. The van der Waals surface area contributed by atoms with Gasteiger partial charge in [0.25, 0.3) is 0 Å². The molecule has 1 aromatic carbocycles. The first-order chi connectivity index (χ1) is 9.00. The Morgan fingerprint density at radius 2 is 1.40 bits per heavy atom. The second-order valence-electron chi connectivity index (χ2n) is 7.29. The predicted octanol–water partition coefficient (Wildman–Crippen LogP) is 5.18. The van der Waals surface area contributed by atoms with Crippen LogP contribution in [0.25, 0.3) is 0 Å². The summed E-state index contributed by atoms with van der Waals surface area (Å²) in [4.78, 5) is 0. The van der Waals surface area contributed by atoms with Crippen molar-refractivity contribution in [3.8, 4) is 11.5 Å². The first kappa shape index (κ1) is 15.8. The highest BCUT2D eigenvalue weighted by Crippen LogP contribution is 2.46. The molecular formula is C16H22Cl2O2. The van der Waals surface area contributed by atoms with E-state index in [2.05, 4.69) is 47.6 Å². The fourth-order valence-corrected chi connectivity index (χ4v) is 2.43. The molecule has 0 amide bonds. The summed E-state index contributed by atoms with van der Waals surface area (Å²) in [7, 11) is 0. The number of halogens is 2. The van der Waals surface area contributed by atoms with Crippen molar-refractivity contribution in [3.05, 3.63) is 23.3 Å². The molecule has 0 aromatic heterocycles. The highest BCUT2D eigenvalue weighted by molar-refractivity contribution is 6.29. The Hall–Kier alpha value is -0.600. The van der Waals surface area contributed by atoms with Gasteiger partial charge in [-0.1, -0.05) is 70.8 Å². The number of ether oxygens (including phenoxy) is 2. The van der Waals surface area contributed by atoms with E-state index in [0.717, 1.165) is 5.56 Å². The minimum Gasteiger partial charge on any atom is -0.465 e. The van der Waals surface area contributed by atoms with E-state index in [-0.39, 0.29) is 10.8 Å². The van der Waals surface area contributed by atoms with Crippen LogP contribution in [-0.4, -0.2) is 11.1 Å². The standard InChI is InChI=1S/C16H22Cl2O2/c1-15(2,3)9-7-10(16(4,5)6)12-11(8-9)19-13(17)14(18)20-12/h7-8,13-14H,1-6H3. The lowest BCUT2D eigenvalue weighted by molar-refractivity contribution is 0.114. The van der Waals surface area contributed by atoms with E-state index in [0.29, 0.717) is 11.5 Å². The number of benzene rings is 1. The molecule has 4 heteroatoms. The smallest absolute Gasteiger partial charge is 0.222 e. The lowest BCUT2D eigenvalue weighted by Crippen LogP contribution is -2.33. The van der Waals surface area contributed by atoms with Gasteiger partial charge in [-0.3, -0.25) is 0 Å². The van der Waals surface area contributed by atoms with Crippen LogP contribution in [0.3, 0.4) is 0 Å². The summed E-state index contributed by atoms with van der Waals surface area (Å²) < 4.78 is 11.5. The van der Waals surface area contributed by atoms with Crippen molar-refractivity contribution in [2.45, 2.75) is 63.5 Å². The zero-order valence-electron chi connectivity index (χ0n) is 12.9. The molecule has 1 aliphatic heterocycles. The molecule has 112 valence electrons. The maximum atomic E-state index is 6.07. The third-order valence-corrected chi connectivity index (χ3v) is 4.17. The van der Waals surface area contributed by atoms with Crippen molar-refractivity contribution in [1.82, 2.24) is 0 Å². The van der Waals surface area contributed by atoms with Crippen LogP contribution in [0.2, 0.25) is 0 Å². The van der Waals surface area contributed by atoms with Crippen LogP contribution in [0.5, 0.6) is 11.5 Å². The Bertz CT molecular complexity index is 512. The van der Waals surface area contributed by atoms with E-state index in [1.165, 1.54) is 5.56 Å². The molecule has 2 unspecified atom stereocenters. The Balaban J connectivity index is 2.64. The molecule has 2 atom stereocenters. The Kier molecular flexibility index (Phi) is 3.94. The first-order valence-corrected chi connectivity index (χ1v) is 7.68. The largest absolute Gasteiger partial charge is 0.465 e. The molecule has 0 saturated heterocycles. The molecule has 0 bridgehead atoms. The van der Waals surface area contributed by atoms with Gasteiger partial charge in [0.1, 0.15) is 0 Å². The summed E-state index contributed by atoms with van der Waals surface area (Å²) in [5, 5.41) is 0. The molecule has 1 aliphatic rings. The van der Waals surface area contributed by atoms with E-state index in [4.69, 9.17) is 32.7 Å². The quantitative estimate of drug-likeness (QED) is 0.614.